The Morgan fingerprint density at radius 1 is 1.16 bits per heavy atom. The molecular weight excluding hydrogens is 258 g/mol. The molecule has 1 aromatic heterocycles. The first kappa shape index (κ1) is 12.7. The maximum atomic E-state index is 6.06. The van der Waals surface area contributed by atoms with E-state index in [2.05, 4.69) is 34.7 Å². The van der Waals surface area contributed by atoms with Crippen LogP contribution in [0.1, 0.15) is 18.4 Å². The summed E-state index contributed by atoms with van der Waals surface area (Å²) in [4.78, 5) is 0. The van der Waals surface area contributed by atoms with Gasteiger partial charge in [-0.1, -0.05) is 23.7 Å². The third-order valence-corrected chi connectivity index (χ3v) is 4.05. The molecule has 1 aliphatic heterocycles. The quantitative estimate of drug-likeness (QED) is 0.933. The molecule has 1 saturated heterocycles. The van der Waals surface area contributed by atoms with Crippen LogP contribution < -0.4 is 5.32 Å². The first-order chi connectivity index (χ1) is 9.33. The van der Waals surface area contributed by atoms with Crippen molar-refractivity contribution in [3.05, 3.63) is 47.2 Å². The summed E-state index contributed by atoms with van der Waals surface area (Å²) in [6, 6.07) is 10.4. The predicted molar refractivity (Wildman–Crippen MR) is 77.9 cm³/mol. The molecule has 0 saturated carbocycles. The Bertz CT molecular complexity index is 527. The van der Waals surface area contributed by atoms with Gasteiger partial charge in [0.05, 0.1) is 11.9 Å². The normalized spacial score (nSPS) is 16.7. The number of piperidine rings is 1. The zero-order valence-electron chi connectivity index (χ0n) is 10.8. The lowest BCUT2D eigenvalue weighted by Crippen LogP contribution is -2.28. The molecule has 1 aliphatic rings. The molecule has 0 unspecified atom stereocenters. The summed E-state index contributed by atoms with van der Waals surface area (Å²) in [5, 5.41) is 8.26. The molecule has 3 nitrogen and oxygen atoms in total. The lowest BCUT2D eigenvalue weighted by molar-refractivity contribution is 0.372. The molecule has 2 heterocycles. The molecular formula is C15H18ClN3. The van der Waals surface area contributed by atoms with Crippen molar-refractivity contribution in [2.24, 2.45) is 5.92 Å². The lowest BCUT2D eigenvalue weighted by atomic mass is 9.91. The van der Waals surface area contributed by atoms with E-state index < -0.39 is 0 Å². The fourth-order valence-corrected chi connectivity index (χ4v) is 2.87. The summed E-state index contributed by atoms with van der Waals surface area (Å²) >= 11 is 6.06. The summed E-state index contributed by atoms with van der Waals surface area (Å²) in [5.41, 5.74) is 2.42. The molecule has 1 aromatic carbocycles. The standard InChI is InChI=1S/C15H18ClN3/c16-15-7-10-18-19(15)14-3-1-12(2-4-14)11-13-5-8-17-9-6-13/h1-4,7,10,13,17H,5-6,8-9,11H2. The summed E-state index contributed by atoms with van der Waals surface area (Å²) in [6.45, 7) is 2.32. The third kappa shape index (κ3) is 2.99. The van der Waals surface area contributed by atoms with Crippen LogP contribution in [0.5, 0.6) is 0 Å². The Balaban J connectivity index is 1.70. The van der Waals surface area contributed by atoms with Crippen LogP contribution in [-0.2, 0) is 6.42 Å². The van der Waals surface area contributed by atoms with Gasteiger partial charge < -0.3 is 5.32 Å². The summed E-state index contributed by atoms with van der Waals surface area (Å²) in [6.07, 6.45) is 5.46. The van der Waals surface area contributed by atoms with E-state index in [9.17, 15) is 0 Å². The van der Waals surface area contributed by atoms with Crippen molar-refractivity contribution in [2.75, 3.05) is 13.1 Å². The number of hydrogen-bond donors (Lipinski definition) is 1. The van der Waals surface area contributed by atoms with Crippen LogP contribution in [0.2, 0.25) is 5.15 Å². The summed E-state index contributed by atoms with van der Waals surface area (Å²) in [5.74, 6) is 0.820. The van der Waals surface area contributed by atoms with Gasteiger partial charge in [-0.3, -0.25) is 0 Å². The van der Waals surface area contributed by atoms with Crippen LogP contribution in [-0.4, -0.2) is 22.9 Å². The van der Waals surface area contributed by atoms with Gasteiger partial charge in [-0.25, -0.2) is 4.68 Å². The summed E-state index contributed by atoms with van der Waals surface area (Å²) in [7, 11) is 0. The van der Waals surface area contributed by atoms with E-state index in [4.69, 9.17) is 11.6 Å². The number of aromatic nitrogens is 2. The Kier molecular flexibility index (Phi) is 3.85. The smallest absolute Gasteiger partial charge is 0.132 e. The maximum absolute atomic E-state index is 6.06. The van der Waals surface area contributed by atoms with E-state index in [1.165, 1.54) is 24.8 Å². The molecule has 0 atom stereocenters. The average molecular weight is 276 g/mol. The van der Waals surface area contributed by atoms with E-state index >= 15 is 0 Å². The van der Waals surface area contributed by atoms with Crippen molar-refractivity contribution in [3.63, 3.8) is 0 Å². The zero-order valence-corrected chi connectivity index (χ0v) is 11.6. The molecule has 1 N–H and O–H groups in total. The number of hydrogen-bond acceptors (Lipinski definition) is 2. The molecule has 4 heteroatoms. The molecule has 19 heavy (non-hydrogen) atoms. The van der Waals surface area contributed by atoms with Crippen LogP contribution >= 0.6 is 11.6 Å². The number of nitrogens with one attached hydrogen (secondary N) is 1. The first-order valence-corrected chi connectivity index (χ1v) is 7.20. The highest BCUT2D eigenvalue weighted by Gasteiger charge is 2.13. The van der Waals surface area contributed by atoms with Gasteiger partial charge in [-0.05, 0) is 62.0 Å². The number of nitrogens with zero attached hydrogens (tertiary/aromatic N) is 2. The second-order valence-corrected chi connectivity index (χ2v) is 5.52. The van der Waals surface area contributed by atoms with Crippen LogP contribution in [0.4, 0.5) is 0 Å². The van der Waals surface area contributed by atoms with Crippen LogP contribution in [0.3, 0.4) is 0 Å². The topological polar surface area (TPSA) is 29.9 Å². The van der Waals surface area contributed by atoms with Crippen molar-refractivity contribution in [2.45, 2.75) is 19.3 Å². The molecule has 0 spiro atoms. The minimum absolute atomic E-state index is 0.645. The van der Waals surface area contributed by atoms with Gasteiger partial charge in [0.1, 0.15) is 5.15 Å². The highest BCUT2D eigenvalue weighted by atomic mass is 35.5. The molecule has 3 rings (SSSR count). The van der Waals surface area contributed by atoms with Crippen LogP contribution in [0, 0.1) is 5.92 Å². The van der Waals surface area contributed by atoms with E-state index in [1.807, 2.05) is 0 Å². The van der Waals surface area contributed by atoms with Gasteiger partial charge >= 0.3 is 0 Å². The molecule has 100 valence electrons. The Hall–Kier alpha value is -1.32. The van der Waals surface area contributed by atoms with Gasteiger partial charge in [0, 0.05) is 0 Å². The number of benzene rings is 1. The molecule has 1 fully saturated rings. The van der Waals surface area contributed by atoms with E-state index in [0.29, 0.717) is 5.15 Å². The second kappa shape index (κ2) is 5.76. The lowest BCUT2D eigenvalue weighted by Gasteiger charge is -2.22. The maximum Gasteiger partial charge on any atom is 0.132 e. The van der Waals surface area contributed by atoms with Crippen molar-refractivity contribution in [3.8, 4) is 5.69 Å². The Labute approximate surface area is 118 Å². The first-order valence-electron chi connectivity index (χ1n) is 6.82. The molecule has 0 aliphatic carbocycles. The average Bonchev–Trinajstić information content (AvgIpc) is 2.87. The molecule has 2 aromatic rings. The molecule has 0 bridgehead atoms. The Morgan fingerprint density at radius 3 is 2.53 bits per heavy atom. The third-order valence-electron chi connectivity index (χ3n) is 3.76. The minimum atomic E-state index is 0.645. The van der Waals surface area contributed by atoms with Gasteiger partial charge in [0.25, 0.3) is 0 Å². The zero-order chi connectivity index (χ0) is 13.1. The summed E-state index contributed by atoms with van der Waals surface area (Å²) < 4.78 is 1.75. The van der Waals surface area contributed by atoms with Crippen LogP contribution in [0.15, 0.2) is 36.5 Å². The minimum Gasteiger partial charge on any atom is -0.317 e. The molecule has 0 amide bonds. The Morgan fingerprint density at radius 2 is 1.89 bits per heavy atom. The monoisotopic (exact) mass is 275 g/mol. The highest BCUT2D eigenvalue weighted by Crippen LogP contribution is 2.20. The fraction of sp³-hybridized carbons (Fsp3) is 0.400. The van der Waals surface area contributed by atoms with Crippen molar-refractivity contribution in [1.82, 2.24) is 15.1 Å². The van der Waals surface area contributed by atoms with E-state index in [-0.39, 0.29) is 0 Å². The van der Waals surface area contributed by atoms with Gasteiger partial charge in [0.2, 0.25) is 0 Å². The fourth-order valence-electron chi connectivity index (χ4n) is 2.67. The predicted octanol–water partition coefficient (Wildman–Crippen LogP) is 3.07. The number of halogens is 1. The highest BCUT2D eigenvalue weighted by molar-refractivity contribution is 6.29. The molecule has 0 radical (unpaired) electrons. The SMILES string of the molecule is Clc1ccnn1-c1ccc(CC2CCNCC2)cc1. The van der Waals surface area contributed by atoms with Gasteiger partial charge in [0.15, 0.2) is 0 Å². The number of rotatable bonds is 3. The van der Waals surface area contributed by atoms with Crippen molar-refractivity contribution in [1.29, 1.82) is 0 Å². The second-order valence-electron chi connectivity index (χ2n) is 5.13. The largest absolute Gasteiger partial charge is 0.317 e. The van der Waals surface area contributed by atoms with Crippen LogP contribution in [0.25, 0.3) is 5.69 Å². The van der Waals surface area contributed by atoms with E-state index in [1.54, 1.807) is 16.9 Å². The van der Waals surface area contributed by atoms with Gasteiger partial charge in [-0.2, -0.15) is 5.10 Å². The van der Waals surface area contributed by atoms with Crippen molar-refractivity contribution >= 4 is 11.6 Å². The van der Waals surface area contributed by atoms with E-state index in [0.717, 1.165) is 24.7 Å². The van der Waals surface area contributed by atoms with Gasteiger partial charge in [-0.15, -0.1) is 0 Å². The van der Waals surface area contributed by atoms with Crippen molar-refractivity contribution < 1.29 is 0 Å².